The third kappa shape index (κ3) is 2.72. The van der Waals surface area contributed by atoms with Crippen LogP contribution in [-0.2, 0) is 0 Å². The third-order valence-electron chi connectivity index (χ3n) is 3.62. The maximum atomic E-state index is 12.1. The number of hydrogen-bond donors (Lipinski definition) is 2. The van der Waals surface area contributed by atoms with Crippen molar-refractivity contribution in [1.82, 2.24) is 15.8 Å². The molecule has 1 atom stereocenters. The largest absolute Gasteiger partial charge is 0.361 e. The van der Waals surface area contributed by atoms with Crippen molar-refractivity contribution in [3.8, 4) is 0 Å². The van der Waals surface area contributed by atoms with Crippen molar-refractivity contribution in [2.24, 2.45) is 5.41 Å². The molecule has 1 saturated heterocycles. The molecule has 0 bridgehead atoms. The second-order valence-corrected chi connectivity index (χ2v) is 5.47. The summed E-state index contributed by atoms with van der Waals surface area (Å²) in [6.45, 7) is 8.46. The fraction of sp³-hybridized carbons (Fsp3) is 0.692. The van der Waals surface area contributed by atoms with Gasteiger partial charge < -0.3 is 15.2 Å². The molecular formula is C13H21N3O2. The normalized spacial score (nSPS) is 23.9. The molecule has 0 radical (unpaired) electrons. The van der Waals surface area contributed by atoms with Crippen molar-refractivity contribution in [3.63, 3.8) is 0 Å². The number of carbonyl (C=O) groups excluding carboxylic acids is 1. The zero-order valence-electron chi connectivity index (χ0n) is 11.3. The van der Waals surface area contributed by atoms with E-state index in [1.165, 1.54) is 0 Å². The second kappa shape index (κ2) is 5.10. The van der Waals surface area contributed by atoms with Gasteiger partial charge in [0, 0.05) is 13.1 Å². The van der Waals surface area contributed by atoms with Gasteiger partial charge in [-0.05, 0) is 38.6 Å². The smallest absolute Gasteiger partial charge is 0.256 e. The van der Waals surface area contributed by atoms with Crippen LogP contribution in [0.5, 0.6) is 0 Å². The quantitative estimate of drug-likeness (QED) is 0.852. The van der Waals surface area contributed by atoms with Gasteiger partial charge in [0.05, 0.1) is 5.69 Å². The van der Waals surface area contributed by atoms with Gasteiger partial charge in [0.2, 0.25) is 0 Å². The highest BCUT2D eigenvalue weighted by Gasteiger charge is 2.28. The van der Waals surface area contributed by atoms with Crippen LogP contribution in [0.2, 0.25) is 0 Å². The number of hydrogen-bond acceptors (Lipinski definition) is 4. The van der Waals surface area contributed by atoms with Crippen LogP contribution in [0, 0.1) is 19.3 Å². The van der Waals surface area contributed by atoms with Crippen molar-refractivity contribution >= 4 is 5.91 Å². The number of rotatable bonds is 3. The summed E-state index contributed by atoms with van der Waals surface area (Å²) in [6.07, 6.45) is 2.31. The molecule has 1 fully saturated rings. The Hall–Kier alpha value is -1.36. The van der Waals surface area contributed by atoms with E-state index in [1.807, 2.05) is 0 Å². The maximum Gasteiger partial charge on any atom is 0.256 e. The average Bonchev–Trinajstić information content (AvgIpc) is 2.67. The molecule has 1 aliphatic heterocycles. The Kier molecular flexibility index (Phi) is 3.71. The number of aromatic nitrogens is 1. The minimum absolute atomic E-state index is 0.0851. The van der Waals surface area contributed by atoms with E-state index in [0.717, 1.165) is 25.9 Å². The van der Waals surface area contributed by atoms with Gasteiger partial charge in [-0.3, -0.25) is 4.79 Å². The van der Waals surface area contributed by atoms with E-state index in [-0.39, 0.29) is 11.3 Å². The van der Waals surface area contributed by atoms with Crippen LogP contribution in [0.4, 0.5) is 0 Å². The molecule has 1 unspecified atom stereocenters. The molecule has 1 amide bonds. The van der Waals surface area contributed by atoms with E-state index < -0.39 is 0 Å². The van der Waals surface area contributed by atoms with Gasteiger partial charge in [0.15, 0.2) is 0 Å². The molecule has 0 spiro atoms. The molecule has 5 nitrogen and oxygen atoms in total. The highest BCUT2D eigenvalue weighted by atomic mass is 16.5. The number of nitrogens with one attached hydrogen (secondary N) is 2. The minimum atomic E-state index is -0.0851. The fourth-order valence-electron chi connectivity index (χ4n) is 2.46. The van der Waals surface area contributed by atoms with Gasteiger partial charge in [0.1, 0.15) is 11.3 Å². The SMILES string of the molecule is Cc1noc(C)c1C(=O)NCC1(C)CCCNC1. The van der Waals surface area contributed by atoms with Gasteiger partial charge in [-0.1, -0.05) is 12.1 Å². The molecule has 0 aromatic carbocycles. The van der Waals surface area contributed by atoms with Crippen LogP contribution in [0.1, 0.15) is 41.6 Å². The fourth-order valence-corrected chi connectivity index (χ4v) is 2.46. The van der Waals surface area contributed by atoms with E-state index in [1.54, 1.807) is 13.8 Å². The molecule has 1 aliphatic rings. The molecule has 100 valence electrons. The number of piperidine rings is 1. The number of aryl methyl sites for hydroxylation is 2. The summed E-state index contributed by atoms with van der Waals surface area (Å²) in [5, 5.41) is 10.2. The predicted molar refractivity (Wildman–Crippen MR) is 68.5 cm³/mol. The third-order valence-corrected chi connectivity index (χ3v) is 3.62. The Bertz CT molecular complexity index is 414. The summed E-state index contributed by atoms with van der Waals surface area (Å²) in [6, 6.07) is 0. The Morgan fingerprint density at radius 3 is 2.89 bits per heavy atom. The summed E-state index contributed by atoms with van der Waals surface area (Å²) >= 11 is 0. The molecule has 2 heterocycles. The lowest BCUT2D eigenvalue weighted by Gasteiger charge is -2.34. The predicted octanol–water partition coefficient (Wildman–Crippen LogP) is 1.41. The van der Waals surface area contributed by atoms with Crippen molar-refractivity contribution in [2.75, 3.05) is 19.6 Å². The van der Waals surface area contributed by atoms with Crippen LogP contribution in [0.3, 0.4) is 0 Å². The zero-order valence-corrected chi connectivity index (χ0v) is 11.3. The number of nitrogens with zero attached hydrogens (tertiary/aromatic N) is 1. The molecule has 5 heteroatoms. The van der Waals surface area contributed by atoms with Crippen LogP contribution in [-0.4, -0.2) is 30.7 Å². The Balaban J connectivity index is 1.96. The van der Waals surface area contributed by atoms with E-state index in [4.69, 9.17) is 4.52 Å². The van der Waals surface area contributed by atoms with E-state index in [0.29, 0.717) is 23.6 Å². The Morgan fingerprint density at radius 1 is 1.56 bits per heavy atom. The van der Waals surface area contributed by atoms with Crippen molar-refractivity contribution in [1.29, 1.82) is 0 Å². The van der Waals surface area contributed by atoms with Gasteiger partial charge in [-0.15, -0.1) is 0 Å². The van der Waals surface area contributed by atoms with Gasteiger partial charge in [0.25, 0.3) is 5.91 Å². The first-order valence-electron chi connectivity index (χ1n) is 6.44. The average molecular weight is 251 g/mol. The lowest BCUT2D eigenvalue weighted by Crippen LogP contribution is -2.45. The monoisotopic (exact) mass is 251 g/mol. The Morgan fingerprint density at radius 2 is 2.33 bits per heavy atom. The summed E-state index contributed by atoms with van der Waals surface area (Å²) in [4.78, 5) is 12.1. The summed E-state index contributed by atoms with van der Waals surface area (Å²) in [5.74, 6) is 0.495. The van der Waals surface area contributed by atoms with Crippen molar-refractivity contribution in [2.45, 2.75) is 33.6 Å². The maximum absolute atomic E-state index is 12.1. The molecular weight excluding hydrogens is 230 g/mol. The molecule has 2 rings (SSSR count). The number of amides is 1. The summed E-state index contributed by atoms with van der Waals surface area (Å²) in [5.41, 5.74) is 1.37. The highest BCUT2D eigenvalue weighted by Crippen LogP contribution is 2.24. The standard InChI is InChI=1S/C13H21N3O2/c1-9-11(10(2)18-16-9)12(17)15-8-13(3)5-4-6-14-7-13/h14H,4-8H2,1-3H3,(H,15,17). The lowest BCUT2D eigenvalue weighted by atomic mass is 9.83. The summed E-state index contributed by atoms with van der Waals surface area (Å²) < 4.78 is 5.01. The molecule has 0 saturated carbocycles. The van der Waals surface area contributed by atoms with Gasteiger partial charge in [-0.25, -0.2) is 0 Å². The zero-order chi connectivity index (χ0) is 13.2. The molecule has 1 aromatic rings. The van der Waals surface area contributed by atoms with E-state index in [9.17, 15) is 4.79 Å². The van der Waals surface area contributed by atoms with Crippen molar-refractivity contribution < 1.29 is 9.32 Å². The van der Waals surface area contributed by atoms with E-state index in [2.05, 4.69) is 22.7 Å². The molecule has 0 aliphatic carbocycles. The highest BCUT2D eigenvalue weighted by molar-refractivity contribution is 5.96. The first-order chi connectivity index (χ1) is 8.52. The molecule has 1 aromatic heterocycles. The number of carbonyl (C=O) groups is 1. The van der Waals surface area contributed by atoms with E-state index >= 15 is 0 Å². The summed E-state index contributed by atoms with van der Waals surface area (Å²) in [7, 11) is 0. The first kappa shape index (κ1) is 13.1. The van der Waals surface area contributed by atoms with Crippen LogP contribution < -0.4 is 10.6 Å². The van der Waals surface area contributed by atoms with Crippen molar-refractivity contribution in [3.05, 3.63) is 17.0 Å². The lowest BCUT2D eigenvalue weighted by molar-refractivity contribution is 0.0922. The topological polar surface area (TPSA) is 67.2 Å². The van der Waals surface area contributed by atoms with Crippen LogP contribution in [0.25, 0.3) is 0 Å². The second-order valence-electron chi connectivity index (χ2n) is 5.47. The first-order valence-corrected chi connectivity index (χ1v) is 6.44. The van der Waals surface area contributed by atoms with Gasteiger partial charge >= 0.3 is 0 Å². The van der Waals surface area contributed by atoms with Crippen LogP contribution >= 0.6 is 0 Å². The molecule has 2 N–H and O–H groups in total. The Labute approximate surface area is 107 Å². The van der Waals surface area contributed by atoms with Crippen LogP contribution in [0.15, 0.2) is 4.52 Å². The molecule has 18 heavy (non-hydrogen) atoms. The minimum Gasteiger partial charge on any atom is -0.361 e. The van der Waals surface area contributed by atoms with Gasteiger partial charge in [-0.2, -0.15) is 0 Å².